The Morgan fingerprint density at radius 1 is 1.18 bits per heavy atom. The van der Waals surface area contributed by atoms with Crippen LogP contribution in [0.15, 0.2) is 24.3 Å². The summed E-state index contributed by atoms with van der Waals surface area (Å²) in [5, 5.41) is 3.01. The van der Waals surface area contributed by atoms with E-state index in [2.05, 4.69) is 5.32 Å². The molecule has 146 valence electrons. The summed E-state index contributed by atoms with van der Waals surface area (Å²) in [7, 11) is 1.23. The van der Waals surface area contributed by atoms with Gasteiger partial charge in [0.25, 0.3) is 11.8 Å². The molecule has 0 bridgehead atoms. The van der Waals surface area contributed by atoms with Gasteiger partial charge in [0.1, 0.15) is 5.00 Å². The molecule has 1 aliphatic rings. The summed E-state index contributed by atoms with van der Waals surface area (Å²) < 4.78 is 4.71. The SMILES string of the molecule is COC(=O)c1ccccc1C(=O)Nc1sc2c(c1C(N)=O)CCN(C(C)=O)C2. The van der Waals surface area contributed by atoms with Gasteiger partial charge in [-0.3, -0.25) is 14.4 Å². The molecule has 0 atom stereocenters. The molecule has 0 saturated heterocycles. The maximum Gasteiger partial charge on any atom is 0.338 e. The van der Waals surface area contributed by atoms with Crippen LogP contribution in [0.25, 0.3) is 0 Å². The van der Waals surface area contributed by atoms with Gasteiger partial charge in [0, 0.05) is 18.3 Å². The lowest BCUT2D eigenvalue weighted by Crippen LogP contribution is -2.34. The predicted molar refractivity (Wildman–Crippen MR) is 103 cm³/mol. The van der Waals surface area contributed by atoms with Gasteiger partial charge in [-0.15, -0.1) is 11.3 Å². The third kappa shape index (κ3) is 3.61. The number of rotatable bonds is 4. The Morgan fingerprint density at radius 2 is 1.86 bits per heavy atom. The summed E-state index contributed by atoms with van der Waals surface area (Å²) in [6, 6.07) is 6.23. The van der Waals surface area contributed by atoms with Gasteiger partial charge in [0.15, 0.2) is 0 Å². The fourth-order valence-electron chi connectivity index (χ4n) is 3.16. The van der Waals surface area contributed by atoms with Crippen LogP contribution in [0, 0.1) is 0 Å². The molecule has 2 aromatic rings. The number of carbonyl (C=O) groups is 4. The molecular weight excluding hydrogens is 382 g/mol. The first-order chi connectivity index (χ1) is 13.3. The van der Waals surface area contributed by atoms with Gasteiger partial charge in [-0.25, -0.2) is 4.79 Å². The molecule has 9 heteroatoms. The number of carbonyl (C=O) groups excluding carboxylic acids is 4. The molecule has 1 aliphatic heterocycles. The lowest BCUT2D eigenvalue weighted by Gasteiger charge is -2.25. The van der Waals surface area contributed by atoms with Crippen LogP contribution < -0.4 is 11.1 Å². The Bertz CT molecular complexity index is 982. The molecular formula is C19H19N3O5S. The van der Waals surface area contributed by atoms with Gasteiger partial charge in [-0.2, -0.15) is 0 Å². The quantitative estimate of drug-likeness (QED) is 0.757. The van der Waals surface area contributed by atoms with E-state index in [0.717, 1.165) is 10.4 Å². The zero-order chi connectivity index (χ0) is 20.4. The summed E-state index contributed by atoms with van der Waals surface area (Å²) >= 11 is 1.21. The second-order valence-corrected chi connectivity index (χ2v) is 7.36. The highest BCUT2D eigenvalue weighted by atomic mass is 32.1. The number of ether oxygens (including phenoxy) is 1. The van der Waals surface area contributed by atoms with Crippen LogP contribution in [-0.4, -0.2) is 42.2 Å². The van der Waals surface area contributed by atoms with E-state index in [9.17, 15) is 19.2 Å². The fraction of sp³-hybridized carbons (Fsp3) is 0.263. The average Bonchev–Trinajstić information content (AvgIpc) is 3.04. The second-order valence-electron chi connectivity index (χ2n) is 6.25. The first-order valence-electron chi connectivity index (χ1n) is 8.52. The number of nitrogens with one attached hydrogen (secondary N) is 1. The van der Waals surface area contributed by atoms with E-state index in [1.165, 1.54) is 37.5 Å². The number of thiophene rings is 1. The van der Waals surface area contributed by atoms with Crippen molar-refractivity contribution >= 4 is 40.0 Å². The highest BCUT2D eigenvalue weighted by molar-refractivity contribution is 7.17. The van der Waals surface area contributed by atoms with Crippen LogP contribution in [0.4, 0.5) is 5.00 Å². The van der Waals surface area contributed by atoms with Crippen molar-refractivity contribution in [2.75, 3.05) is 19.0 Å². The van der Waals surface area contributed by atoms with Crippen LogP contribution in [-0.2, 0) is 22.5 Å². The monoisotopic (exact) mass is 401 g/mol. The first kappa shape index (κ1) is 19.6. The third-order valence-corrected chi connectivity index (χ3v) is 5.68. The van der Waals surface area contributed by atoms with Crippen molar-refractivity contribution in [3.8, 4) is 0 Å². The van der Waals surface area contributed by atoms with Crippen LogP contribution >= 0.6 is 11.3 Å². The van der Waals surface area contributed by atoms with E-state index < -0.39 is 17.8 Å². The first-order valence-corrected chi connectivity index (χ1v) is 9.33. The number of anilines is 1. The summed E-state index contributed by atoms with van der Waals surface area (Å²) in [5.41, 5.74) is 6.81. The van der Waals surface area contributed by atoms with E-state index in [-0.39, 0.29) is 22.6 Å². The molecule has 1 aromatic heterocycles. The summed E-state index contributed by atoms with van der Waals surface area (Å²) in [6.07, 6.45) is 0.484. The number of amides is 3. The van der Waals surface area contributed by atoms with Crippen LogP contribution in [0.3, 0.4) is 0 Å². The number of hydrogen-bond donors (Lipinski definition) is 2. The smallest absolute Gasteiger partial charge is 0.338 e. The molecule has 2 heterocycles. The number of nitrogens with two attached hydrogens (primary N) is 1. The van der Waals surface area contributed by atoms with E-state index in [1.807, 2.05) is 0 Å². The molecule has 3 amide bonds. The number of primary amides is 1. The minimum Gasteiger partial charge on any atom is -0.465 e. The Kier molecular flexibility index (Phi) is 5.46. The van der Waals surface area contributed by atoms with E-state index in [4.69, 9.17) is 10.5 Å². The van der Waals surface area contributed by atoms with Crippen molar-refractivity contribution < 1.29 is 23.9 Å². The number of hydrogen-bond acceptors (Lipinski definition) is 6. The van der Waals surface area contributed by atoms with E-state index in [0.29, 0.717) is 24.5 Å². The maximum atomic E-state index is 12.8. The molecule has 3 rings (SSSR count). The number of fused-ring (bicyclic) bond motifs is 1. The topological polar surface area (TPSA) is 119 Å². The van der Waals surface area contributed by atoms with Gasteiger partial charge in [-0.1, -0.05) is 12.1 Å². The third-order valence-electron chi connectivity index (χ3n) is 4.55. The number of esters is 1. The predicted octanol–water partition coefficient (Wildman–Crippen LogP) is 1.79. The summed E-state index contributed by atoms with van der Waals surface area (Å²) in [6.45, 7) is 2.34. The summed E-state index contributed by atoms with van der Waals surface area (Å²) in [5.74, 6) is -1.89. The van der Waals surface area contributed by atoms with Crippen molar-refractivity contribution in [3.05, 3.63) is 51.4 Å². The lowest BCUT2D eigenvalue weighted by atomic mass is 10.0. The molecule has 3 N–H and O–H groups in total. The molecule has 0 radical (unpaired) electrons. The van der Waals surface area contributed by atoms with Gasteiger partial charge in [0.2, 0.25) is 5.91 Å². The highest BCUT2D eigenvalue weighted by Gasteiger charge is 2.29. The van der Waals surface area contributed by atoms with E-state index in [1.54, 1.807) is 17.0 Å². The van der Waals surface area contributed by atoms with Gasteiger partial charge in [0.05, 0.1) is 30.3 Å². The van der Waals surface area contributed by atoms with Crippen molar-refractivity contribution in [2.24, 2.45) is 5.73 Å². The van der Waals surface area contributed by atoms with Crippen molar-refractivity contribution in [1.29, 1.82) is 0 Å². The normalized spacial score (nSPS) is 12.9. The molecule has 0 spiro atoms. The lowest BCUT2D eigenvalue weighted by molar-refractivity contribution is -0.129. The van der Waals surface area contributed by atoms with Crippen LogP contribution in [0.1, 0.15) is 48.4 Å². The Hall–Kier alpha value is -3.20. The molecule has 1 aromatic carbocycles. The molecule has 0 saturated carbocycles. The maximum absolute atomic E-state index is 12.8. The van der Waals surface area contributed by atoms with E-state index >= 15 is 0 Å². The number of nitrogens with zero attached hydrogens (tertiary/aromatic N) is 1. The zero-order valence-electron chi connectivity index (χ0n) is 15.4. The number of benzene rings is 1. The minimum absolute atomic E-state index is 0.0581. The molecule has 8 nitrogen and oxygen atoms in total. The van der Waals surface area contributed by atoms with Crippen molar-refractivity contribution in [3.63, 3.8) is 0 Å². The largest absolute Gasteiger partial charge is 0.465 e. The van der Waals surface area contributed by atoms with Crippen LogP contribution in [0.2, 0.25) is 0 Å². The Labute approximate surface area is 165 Å². The van der Waals surface area contributed by atoms with Gasteiger partial charge >= 0.3 is 5.97 Å². The second kappa shape index (κ2) is 7.81. The Morgan fingerprint density at radius 3 is 2.46 bits per heavy atom. The minimum atomic E-state index is -0.648. The van der Waals surface area contributed by atoms with Gasteiger partial charge in [-0.05, 0) is 24.1 Å². The average molecular weight is 401 g/mol. The summed E-state index contributed by atoms with van der Waals surface area (Å²) in [4.78, 5) is 50.9. The van der Waals surface area contributed by atoms with Crippen molar-refractivity contribution in [2.45, 2.75) is 19.9 Å². The van der Waals surface area contributed by atoms with Gasteiger partial charge < -0.3 is 20.7 Å². The zero-order valence-corrected chi connectivity index (χ0v) is 16.2. The Balaban J connectivity index is 1.95. The number of methoxy groups -OCH3 is 1. The molecule has 0 fully saturated rings. The molecule has 0 aliphatic carbocycles. The highest BCUT2D eigenvalue weighted by Crippen LogP contribution is 2.37. The fourth-order valence-corrected chi connectivity index (χ4v) is 4.42. The van der Waals surface area contributed by atoms with Crippen molar-refractivity contribution in [1.82, 2.24) is 4.90 Å². The van der Waals surface area contributed by atoms with Crippen LogP contribution in [0.5, 0.6) is 0 Å². The molecule has 0 unspecified atom stereocenters. The molecule has 28 heavy (non-hydrogen) atoms. The standard InChI is InChI=1S/C19H19N3O5S/c1-10(23)22-8-7-13-14(9-22)28-18(15(13)16(20)24)21-17(25)11-5-3-4-6-12(11)19(26)27-2/h3-6H,7-9H2,1-2H3,(H2,20,24)(H,21,25).